The quantitative estimate of drug-likeness (QED) is 0.636. The Morgan fingerprint density at radius 3 is 2.78 bits per heavy atom. The zero-order valence-corrected chi connectivity index (χ0v) is 17.3. The first-order valence-corrected chi connectivity index (χ1v) is 10.9. The van der Waals surface area contributed by atoms with Crippen LogP contribution < -0.4 is 10.5 Å². The van der Waals surface area contributed by atoms with Gasteiger partial charge in [-0.1, -0.05) is 57.6 Å². The molecule has 1 aromatic rings. The number of hydrogen-bond donors (Lipinski definition) is 1. The van der Waals surface area contributed by atoms with Crippen molar-refractivity contribution in [2.45, 2.75) is 76.7 Å². The van der Waals surface area contributed by atoms with Crippen LogP contribution in [0.5, 0.6) is 5.75 Å². The molecule has 4 nitrogen and oxygen atoms in total. The summed E-state index contributed by atoms with van der Waals surface area (Å²) in [6, 6.07) is 8.57. The molecule has 1 fully saturated rings. The number of guanidine groups is 1. The van der Waals surface area contributed by atoms with Crippen LogP contribution >= 0.6 is 0 Å². The molecule has 0 unspecified atom stereocenters. The molecule has 3 rings (SSSR count). The van der Waals surface area contributed by atoms with Gasteiger partial charge in [0, 0.05) is 13.6 Å². The molecule has 4 heteroatoms. The Labute approximate surface area is 165 Å². The van der Waals surface area contributed by atoms with Gasteiger partial charge in [-0.05, 0) is 49.3 Å². The standard InChI is InChI=1S/C23H37N3O/c1-3-4-15-27-21-12-8-11-20(16-21)17-23(18-26(2)22(24)25-23)14-13-19-9-6-5-7-10-19/h8,11-12,16,19H,3-7,9-10,13-15,17-18H2,1-2H3,(H2,24,25)/t23-/m1/s1. The normalized spacial score (nSPS) is 23.5. The molecule has 1 saturated carbocycles. The summed E-state index contributed by atoms with van der Waals surface area (Å²) in [4.78, 5) is 7.08. The first kappa shape index (κ1) is 20.0. The van der Waals surface area contributed by atoms with Gasteiger partial charge in [0.2, 0.25) is 0 Å². The minimum absolute atomic E-state index is 0.0850. The molecule has 0 amide bonds. The van der Waals surface area contributed by atoms with Crippen LogP contribution in [0.15, 0.2) is 29.3 Å². The van der Waals surface area contributed by atoms with Crippen molar-refractivity contribution in [1.82, 2.24) is 4.90 Å². The molecule has 1 aliphatic heterocycles. The second-order valence-corrected chi connectivity index (χ2v) is 8.62. The van der Waals surface area contributed by atoms with Crippen LogP contribution in [0.4, 0.5) is 0 Å². The van der Waals surface area contributed by atoms with E-state index in [9.17, 15) is 0 Å². The van der Waals surface area contributed by atoms with E-state index in [1.165, 1.54) is 44.1 Å². The highest BCUT2D eigenvalue weighted by molar-refractivity contribution is 5.80. The Kier molecular flexibility index (Phi) is 7.03. The van der Waals surface area contributed by atoms with Crippen LogP contribution in [0, 0.1) is 5.92 Å². The minimum Gasteiger partial charge on any atom is -0.494 e. The van der Waals surface area contributed by atoms with Gasteiger partial charge in [-0.2, -0.15) is 0 Å². The van der Waals surface area contributed by atoms with Crippen molar-refractivity contribution in [3.8, 4) is 5.75 Å². The summed E-state index contributed by atoms with van der Waals surface area (Å²) in [6.07, 6.45) is 12.6. The van der Waals surface area contributed by atoms with Gasteiger partial charge >= 0.3 is 0 Å². The van der Waals surface area contributed by atoms with E-state index in [0.717, 1.165) is 50.5 Å². The smallest absolute Gasteiger partial charge is 0.191 e. The van der Waals surface area contributed by atoms with Gasteiger partial charge in [-0.25, -0.2) is 4.99 Å². The zero-order valence-electron chi connectivity index (χ0n) is 17.3. The minimum atomic E-state index is -0.0850. The van der Waals surface area contributed by atoms with Crippen molar-refractivity contribution >= 4 is 5.96 Å². The van der Waals surface area contributed by atoms with Crippen molar-refractivity contribution in [3.05, 3.63) is 29.8 Å². The van der Waals surface area contributed by atoms with Gasteiger partial charge in [0.15, 0.2) is 5.96 Å². The maximum absolute atomic E-state index is 6.18. The Morgan fingerprint density at radius 2 is 2.07 bits per heavy atom. The van der Waals surface area contributed by atoms with Gasteiger partial charge in [-0.15, -0.1) is 0 Å². The lowest BCUT2D eigenvalue weighted by Crippen LogP contribution is -2.37. The summed E-state index contributed by atoms with van der Waals surface area (Å²) in [6.45, 7) is 3.90. The third-order valence-corrected chi connectivity index (χ3v) is 6.22. The van der Waals surface area contributed by atoms with Gasteiger partial charge in [-0.3, -0.25) is 0 Å². The van der Waals surface area contributed by atoms with Gasteiger partial charge in [0.05, 0.1) is 12.1 Å². The highest BCUT2D eigenvalue weighted by Crippen LogP contribution is 2.35. The van der Waals surface area contributed by atoms with Crippen molar-refractivity contribution in [1.29, 1.82) is 0 Å². The second-order valence-electron chi connectivity index (χ2n) is 8.62. The fraction of sp³-hybridized carbons (Fsp3) is 0.696. The third-order valence-electron chi connectivity index (χ3n) is 6.22. The summed E-state index contributed by atoms with van der Waals surface area (Å²) in [5.41, 5.74) is 7.40. The summed E-state index contributed by atoms with van der Waals surface area (Å²) < 4.78 is 5.91. The molecule has 0 spiro atoms. The molecular formula is C23H37N3O. The monoisotopic (exact) mass is 371 g/mol. The van der Waals surface area contributed by atoms with Crippen LogP contribution in [0.25, 0.3) is 0 Å². The topological polar surface area (TPSA) is 50.9 Å². The van der Waals surface area contributed by atoms with Gasteiger partial charge < -0.3 is 15.4 Å². The average molecular weight is 372 g/mol. The number of nitrogens with two attached hydrogens (primary N) is 1. The summed E-state index contributed by atoms with van der Waals surface area (Å²) >= 11 is 0. The maximum Gasteiger partial charge on any atom is 0.191 e. The molecule has 0 radical (unpaired) electrons. The van der Waals surface area contributed by atoms with E-state index in [-0.39, 0.29) is 5.54 Å². The molecule has 1 heterocycles. The van der Waals surface area contributed by atoms with Crippen molar-refractivity contribution in [2.24, 2.45) is 16.6 Å². The number of hydrogen-bond acceptors (Lipinski definition) is 4. The third kappa shape index (κ3) is 5.63. The van der Waals surface area contributed by atoms with Crippen LogP contribution in [-0.2, 0) is 6.42 Å². The van der Waals surface area contributed by atoms with E-state index in [4.69, 9.17) is 15.5 Å². The van der Waals surface area contributed by atoms with E-state index in [0.29, 0.717) is 5.96 Å². The van der Waals surface area contributed by atoms with Crippen LogP contribution in [0.3, 0.4) is 0 Å². The van der Waals surface area contributed by atoms with Crippen LogP contribution in [-0.4, -0.2) is 36.6 Å². The average Bonchev–Trinajstić information content (AvgIpc) is 2.95. The van der Waals surface area contributed by atoms with Crippen molar-refractivity contribution in [3.63, 3.8) is 0 Å². The van der Waals surface area contributed by atoms with Gasteiger partial charge in [0.1, 0.15) is 5.75 Å². The second kappa shape index (κ2) is 9.48. The van der Waals surface area contributed by atoms with E-state index >= 15 is 0 Å². The van der Waals surface area contributed by atoms with Crippen molar-refractivity contribution in [2.75, 3.05) is 20.2 Å². The molecule has 1 atom stereocenters. The Balaban J connectivity index is 1.67. The fourth-order valence-electron chi connectivity index (χ4n) is 4.61. The highest BCUT2D eigenvalue weighted by atomic mass is 16.5. The van der Waals surface area contributed by atoms with E-state index in [1.54, 1.807) is 0 Å². The highest BCUT2D eigenvalue weighted by Gasteiger charge is 2.37. The number of benzene rings is 1. The molecule has 0 bridgehead atoms. The molecule has 2 aliphatic rings. The predicted molar refractivity (Wildman–Crippen MR) is 113 cm³/mol. The number of unbranched alkanes of at least 4 members (excludes halogenated alkanes) is 1. The summed E-state index contributed by atoms with van der Waals surface area (Å²) in [5.74, 6) is 2.54. The van der Waals surface area contributed by atoms with Crippen molar-refractivity contribution < 1.29 is 4.74 Å². The lowest BCUT2D eigenvalue weighted by atomic mass is 9.80. The largest absolute Gasteiger partial charge is 0.494 e. The Hall–Kier alpha value is -1.71. The number of aliphatic imine (C=N–C) groups is 1. The maximum atomic E-state index is 6.18. The fourth-order valence-corrected chi connectivity index (χ4v) is 4.61. The molecule has 1 aliphatic carbocycles. The molecule has 2 N–H and O–H groups in total. The molecule has 0 saturated heterocycles. The molecule has 150 valence electrons. The van der Waals surface area contributed by atoms with E-state index in [2.05, 4.69) is 43.1 Å². The Bertz CT molecular complexity index is 624. The molecule has 1 aromatic carbocycles. The molecule has 0 aromatic heterocycles. The first-order chi connectivity index (χ1) is 13.1. The number of likely N-dealkylation sites (N-methyl/N-ethyl adjacent to an activating group) is 1. The summed E-state index contributed by atoms with van der Waals surface area (Å²) in [7, 11) is 2.06. The van der Waals surface area contributed by atoms with Gasteiger partial charge in [0.25, 0.3) is 0 Å². The molecule has 27 heavy (non-hydrogen) atoms. The number of ether oxygens (including phenoxy) is 1. The van der Waals surface area contributed by atoms with E-state index < -0.39 is 0 Å². The lowest BCUT2D eigenvalue weighted by molar-refractivity contribution is 0.274. The SMILES string of the molecule is CCCCOc1cccc(C[C@]2(CCC3CCCCC3)CN(C)C(N)=N2)c1. The number of nitrogens with zero attached hydrogens (tertiary/aromatic N) is 2. The predicted octanol–water partition coefficient (Wildman–Crippen LogP) is 4.77. The first-order valence-electron chi connectivity index (χ1n) is 10.9. The van der Waals surface area contributed by atoms with E-state index in [1.807, 2.05) is 0 Å². The summed E-state index contributed by atoms with van der Waals surface area (Å²) in [5, 5.41) is 0. The lowest BCUT2D eigenvalue weighted by Gasteiger charge is -2.30. The molecular weight excluding hydrogens is 334 g/mol. The Morgan fingerprint density at radius 1 is 1.26 bits per heavy atom. The van der Waals surface area contributed by atoms with Crippen LogP contribution in [0.2, 0.25) is 0 Å². The zero-order chi connectivity index (χ0) is 19.1. The number of rotatable bonds is 9. The van der Waals surface area contributed by atoms with Crippen LogP contribution in [0.1, 0.15) is 70.3 Å².